The van der Waals surface area contributed by atoms with E-state index in [0.717, 1.165) is 24.1 Å². The molecule has 1 heterocycles. The number of rotatable bonds is 5. The van der Waals surface area contributed by atoms with E-state index < -0.39 is 0 Å². The molecular weight excluding hydrogens is 296 g/mol. The Morgan fingerprint density at radius 2 is 2.13 bits per heavy atom. The molecule has 2 N–H and O–H groups in total. The van der Waals surface area contributed by atoms with Crippen molar-refractivity contribution in [1.29, 1.82) is 0 Å². The Kier molecular flexibility index (Phi) is 4.43. The normalized spacial score (nSPS) is 18.4. The van der Waals surface area contributed by atoms with Crippen molar-refractivity contribution in [1.82, 2.24) is 10.8 Å². The van der Waals surface area contributed by atoms with Crippen molar-refractivity contribution in [3.8, 4) is 11.5 Å². The molecule has 1 amide bonds. The molecule has 0 bridgehead atoms. The molecule has 6 nitrogen and oxygen atoms in total. The van der Waals surface area contributed by atoms with Crippen molar-refractivity contribution in [2.45, 2.75) is 31.3 Å². The van der Waals surface area contributed by atoms with Gasteiger partial charge in [-0.15, -0.1) is 0 Å². The zero-order valence-electron chi connectivity index (χ0n) is 13.5. The quantitative estimate of drug-likeness (QED) is 0.869. The van der Waals surface area contributed by atoms with Gasteiger partial charge in [-0.3, -0.25) is 15.1 Å². The summed E-state index contributed by atoms with van der Waals surface area (Å²) in [4.78, 5) is 17.2. The molecule has 1 aromatic carbocycles. The Balaban J connectivity index is 1.81. The van der Waals surface area contributed by atoms with E-state index in [2.05, 4.69) is 16.9 Å². The summed E-state index contributed by atoms with van der Waals surface area (Å²) >= 11 is 0. The van der Waals surface area contributed by atoms with Crippen LogP contribution >= 0.6 is 0 Å². The minimum Gasteiger partial charge on any atom is -0.493 e. The highest BCUT2D eigenvalue weighted by Crippen LogP contribution is 2.40. The van der Waals surface area contributed by atoms with E-state index >= 15 is 0 Å². The van der Waals surface area contributed by atoms with E-state index in [-0.39, 0.29) is 18.1 Å². The topological polar surface area (TPSA) is 68.8 Å². The predicted octanol–water partition coefficient (Wildman–Crippen LogP) is 2.01. The second-order valence-electron chi connectivity index (χ2n) is 5.86. The van der Waals surface area contributed by atoms with Crippen molar-refractivity contribution in [3.63, 3.8) is 0 Å². The summed E-state index contributed by atoms with van der Waals surface area (Å²) in [7, 11) is 3.15. The Morgan fingerprint density at radius 3 is 2.83 bits per heavy atom. The molecule has 2 aliphatic rings. The van der Waals surface area contributed by atoms with E-state index in [1.165, 1.54) is 12.8 Å². The van der Waals surface area contributed by atoms with Crippen molar-refractivity contribution < 1.29 is 19.1 Å². The van der Waals surface area contributed by atoms with Crippen LogP contribution in [0.15, 0.2) is 24.3 Å². The molecule has 0 aromatic heterocycles. The standard InChI is InChI=1S/C17H22N2O4/c1-18-16(20)11-22-15-9-12(5-6-14(15)21-2)13-10-17(23-19-13)7-3-4-8-17/h5-6,9-10,19H,3-4,7-8,11H2,1-2H3,(H,18,20). The van der Waals surface area contributed by atoms with Gasteiger partial charge in [-0.25, -0.2) is 0 Å². The first-order valence-electron chi connectivity index (χ1n) is 7.84. The molecule has 3 rings (SSSR count). The minimum absolute atomic E-state index is 0.0524. The fourth-order valence-electron chi connectivity index (χ4n) is 3.01. The first-order valence-corrected chi connectivity index (χ1v) is 7.84. The fraction of sp³-hybridized carbons (Fsp3) is 0.471. The number of nitrogens with one attached hydrogen (secondary N) is 2. The van der Waals surface area contributed by atoms with E-state index in [0.29, 0.717) is 11.5 Å². The SMILES string of the molecule is CNC(=O)COc1cc(C2=CC3(CCCC3)ON2)ccc1OC. The van der Waals surface area contributed by atoms with Crippen LogP contribution in [0.25, 0.3) is 5.70 Å². The molecule has 0 saturated heterocycles. The van der Waals surface area contributed by atoms with Crippen LogP contribution in [0.4, 0.5) is 0 Å². The lowest BCUT2D eigenvalue weighted by molar-refractivity contribution is -0.122. The molecule has 0 radical (unpaired) electrons. The summed E-state index contributed by atoms with van der Waals surface area (Å²) in [5.74, 6) is 0.931. The van der Waals surface area contributed by atoms with Gasteiger partial charge in [0.2, 0.25) is 0 Å². The molecule has 6 heteroatoms. The number of ether oxygens (including phenoxy) is 2. The largest absolute Gasteiger partial charge is 0.493 e. The van der Waals surface area contributed by atoms with Gasteiger partial charge < -0.3 is 14.8 Å². The number of hydroxylamine groups is 1. The summed E-state index contributed by atoms with van der Waals surface area (Å²) in [5, 5.41) is 2.53. The molecule has 0 unspecified atom stereocenters. The number of benzene rings is 1. The number of likely N-dealkylation sites (N-methyl/N-ethyl adjacent to an activating group) is 1. The first-order chi connectivity index (χ1) is 11.2. The molecule has 1 aromatic rings. The van der Waals surface area contributed by atoms with Crippen LogP contribution in [-0.2, 0) is 9.63 Å². The number of methoxy groups -OCH3 is 1. The van der Waals surface area contributed by atoms with Crippen molar-refractivity contribution in [2.24, 2.45) is 0 Å². The van der Waals surface area contributed by atoms with E-state index in [4.69, 9.17) is 14.3 Å². The monoisotopic (exact) mass is 318 g/mol. The van der Waals surface area contributed by atoms with Gasteiger partial charge in [-0.2, -0.15) is 0 Å². The Morgan fingerprint density at radius 1 is 1.35 bits per heavy atom. The zero-order chi connectivity index (χ0) is 16.3. The van der Waals surface area contributed by atoms with Crippen molar-refractivity contribution in [3.05, 3.63) is 29.8 Å². The van der Waals surface area contributed by atoms with Gasteiger partial charge in [-0.1, -0.05) is 12.8 Å². The molecule has 1 aliphatic heterocycles. The average Bonchev–Trinajstić information content (AvgIpc) is 3.22. The summed E-state index contributed by atoms with van der Waals surface area (Å²) in [6, 6.07) is 5.64. The number of hydrogen-bond acceptors (Lipinski definition) is 5. The molecule has 0 atom stereocenters. The summed E-state index contributed by atoms with van der Waals surface area (Å²) in [6.45, 7) is -0.0524. The highest BCUT2D eigenvalue weighted by molar-refractivity contribution is 5.77. The maximum absolute atomic E-state index is 11.4. The predicted molar refractivity (Wildman–Crippen MR) is 86.0 cm³/mol. The van der Waals surface area contributed by atoms with Crippen LogP contribution in [0.2, 0.25) is 0 Å². The van der Waals surface area contributed by atoms with Gasteiger partial charge >= 0.3 is 0 Å². The first kappa shape index (κ1) is 15.7. The average molecular weight is 318 g/mol. The minimum atomic E-state index is -0.191. The molecule has 23 heavy (non-hydrogen) atoms. The third-order valence-corrected chi connectivity index (χ3v) is 4.33. The molecule has 1 aliphatic carbocycles. The summed E-state index contributed by atoms with van der Waals surface area (Å²) in [6.07, 6.45) is 6.62. The van der Waals surface area contributed by atoms with Gasteiger partial charge in [0, 0.05) is 12.6 Å². The van der Waals surface area contributed by atoms with Crippen molar-refractivity contribution in [2.75, 3.05) is 20.8 Å². The number of carbonyl (C=O) groups is 1. The highest BCUT2D eigenvalue weighted by atomic mass is 16.7. The van der Waals surface area contributed by atoms with Crippen LogP contribution in [0, 0.1) is 0 Å². The van der Waals surface area contributed by atoms with E-state index in [9.17, 15) is 4.79 Å². The van der Waals surface area contributed by atoms with Crippen molar-refractivity contribution >= 4 is 11.6 Å². The van der Waals surface area contributed by atoms with Gasteiger partial charge in [0.15, 0.2) is 18.1 Å². The Hall–Kier alpha value is -2.21. The zero-order valence-corrected chi connectivity index (χ0v) is 13.5. The van der Waals surface area contributed by atoms with Gasteiger partial charge in [-0.05, 0) is 37.1 Å². The lowest BCUT2D eigenvalue weighted by Crippen LogP contribution is -2.25. The summed E-state index contributed by atoms with van der Waals surface area (Å²) in [5.41, 5.74) is 4.74. The smallest absolute Gasteiger partial charge is 0.257 e. The molecule has 124 valence electrons. The molecular formula is C17H22N2O4. The van der Waals surface area contributed by atoms with Gasteiger partial charge in [0.25, 0.3) is 5.91 Å². The van der Waals surface area contributed by atoms with Crippen LogP contribution in [-0.4, -0.2) is 32.3 Å². The fourth-order valence-corrected chi connectivity index (χ4v) is 3.01. The lowest BCUT2D eigenvalue weighted by Gasteiger charge is -2.17. The second kappa shape index (κ2) is 6.50. The third-order valence-electron chi connectivity index (χ3n) is 4.33. The van der Waals surface area contributed by atoms with E-state index in [1.54, 1.807) is 14.2 Å². The number of amides is 1. The second-order valence-corrected chi connectivity index (χ2v) is 5.86. The number of carbonyl (C=O) groups excluding carboxylic acids is 1. The van der Waals surface area contributed by atoms with Crippen LogP contribution in [0.5, 0.6) is 11.5 Å². The maximum Gasteiger partial charge on any atom is 0.257 e. The highest BCUT2D eigenvalue weighted by Gasteiger charge is 2.38. The third kappa shape index (κ3) is 3.27. The van der Waals surface area contributed by atoms with Gasteiger partial charge in [0.05, 0.1) is 12.8 Å². The number of hydrogen-bond donors (Lipinski definition) is 2. The molecule has 1 fully saturated rings. The maximum atomic E-state index is 11.4. The molecule has 1 saturated carbocycles. The Labute approximate surface area is 135 Å². The molecule has 1 spiro atoms. The van der Waals surface area contributed by atoms with E-state index in [1.807, 2.05) is 18.2 Å². The van der Waals surface area contributed by atoms with Crippen LogP contribution in [0.3, 0.4) is 0 Å². The Bertz CT molecular complexity index is 621. The van der Waals surface area contributed by atoms with Crippen LogP contribution < -0.4 is 20.3 Å². The van der Waals surface area contributed by atoms with Gasteiger partial charge in [0.1, 0.15) is 5.60 Å². The van der Waals surface area contributed by atoms with Crippen LogP contribution in [0.1, 0.15) is 31.2 Å². The summed E-state index contributed by atoms with van der Waals surface area (Å²) < 4.78 is 10.9. The lowest BCUT2D eigenvalue weighted by atomic mass is 10.00.